The van der Waals surface area contributed by atoms with E-state index in [0.29, 0.717) is 0 Å². The lowest BCUT2D eigenvalue weighted by atomic mass is 10.1. The van der Waals surface area contributed by atoms with Gasteiger partial charge in [0.1, 0.15) is 0 Å². The van der Waals surface area contributed by atoms with E-state index in [4.69, 9.17) is 5.11 Å². The largest absolute Gasteiger partial charge is 0.393 e. The van der Waals surface area contributed by atoms with E-state index >= 15 is 0 Å². The fraction of sp³-hybridized carbons (Fsp3) is 0.625. The Morgan fingerprint density at radius 2 is 2.55 bits per heavy atom. The molecule has 62 valence electrons. The molecule has 11 heavy (non-hydrogen) atoms. The average molecular weight is 154 g/mol. The van der Waals surface area contributed by atoms with E-state index in [9.17, 15) is 0 Å². The molecule has 1 aromatic heterocycles. The SMILES string of the molecule is CC(O)CCCc1ccn[nH]1. The molecule has 0 aliphatic carbocycles. The highest BCUT2D eigenvalue weighted by atomic mass is 16.3. The zero-order chi connectivity index (χ0) is 8.10. The van der Waals surface area contributed by atoms with Crippen LogP contribution in [0.15, 0.2) is 12.3 Å². The number of aliphatic hydroxyl groups is 1. The van der Waals surface area contributed by atoms with E-state index in [1.807, 2.05) is 13.0 Å². The predicted octanol–water partition coefficient (Wildman–Crippen LogP) is 1.11. The standard InChI is InChI=1S/C8H14N2O/c1-7(11)3-2-4-8-5-6-9-10-8/h5-7,11H,2-4H2,1H3,(H,9,10). The number of aryl methyl sites for hydroxylation is 1. The van der Waals surface area contributed by atoms with Crippen LogP contribution < -0.4 is 0 Å². The predicted molar refractivity (Wildman–Crippen MR) is 43.2 cm³/mol. The van der Waals surface area contributed by atoms with Crippen molar-refractivity contribution in [3.8, 4) is 0 Å². The van der Waals surface area contributed by atoms with Crippen molar-refractivity contribution < 1.29 is 5.11 Å². The molecular formula is C8H14N2O. The van der Waals surface area contributed by atoms with Crippen LogP contribution in [0.1, 0.15) is 25.5 Å². The first kappa shape index (κ1) is 8.27. The van der Waals surface area contributed by atoms with Crippen molar-refractivity contribution in [3.05, 3.63) is 18.0 Å². The van der Waals surface area contributed by atoms with Crippen LogP contribution in [0.4, 0.5) is 0 Å². The molecule has 1 atom stereocenters. The van der Waals surface area contributed by atoms with Gasteiger partial charge in [-0.15, -0.1) is 0 Å². The zero-order valence-electron chi connectivity index (χ0n) is 6.75. The number of aliphatic hydroxyl groups excluding tert-OH is 1. The van der Waals surface area contributed by atoms with Crippen molar-refractivity contribution in [2.24, 2.45) is 0 Å². The molecule has 0 aliphatic rings. The highest BCUT2D eigenvalue weighted by Crippen LogP contribution is 2.02. The normalized spacial score (nSPS) is 13.3. The Hall–Kier alpha value is -0.830. The quantitative estimate of drug-likeness (QED) is 0.682. The van der Waals surface area contributed by atoms with Crippen LogP contribution in [0, 0.1) is 0 Å². The molecule has 0 saturated heterocycles. The summed E-state index contributed by atoms with van der Waals surface area (Å²) in [6, 6.07) is 1.96. The Kier molecular flexibility index (Phi) is 3.11. The average Bonchev–Trinajstić information content (AvgIpc) is 2.39. The maximum atomic E-state index is 8.96. The van der Waals surface area contributed by atoms with Crippen LogP contribution in [0.3, 0.4) is 0 Å². The molecule has 3 heteroatoms. The summed E-state index contributed by atoms with van der Waals surface area (Å²) < 4.78 is 0. The van der Waals surface area contributed by atoms with E-state index in [0.717, 1.165) is 25.0 Å². The molecule has 0 aliphatic heterocycles. The Labute approximate surface area is 66.4 Å². The molecule has 2 N–H and O–H groups in total. The lowest BCUT2D eigenvalue weighted by molar-refractivity contribution is 0.181. The summed E-state index contributed by atoms with van der Waals surface area (Å²) in [5.74, 6) is 0. The number of aromatic amines is 1. The smallest absolute Gasteiger partial charge is 0.0512 e. The van der Waals surface area contributed by atoms with Gasteiger partial charge in [-0.05, 0) is 32.3 Å². The van der Waals surface area contributed by atoms with E-state index in [-0.39, 0.29) is 6.10 Å². The number of hydrogen-bond donors (Lipinski definition) is 2. The first-order valence-corrected chi connectivity index (χ1v) is 3.95. The highest BCUT2D eigenvalue weighted by Gasteiger charge is 1.97. The van der Waals surface area contributed by atoms with E-state index in [1.165, 1.54) is 0 Å². The lowest BCUT2D eigenvalue weighted by Gasteiger charge is -2.01. The van der Waals surface area contributed by atoms with Crippen LogP contribution >= 0.6 is 0 Å². The van der Waals surface area contributed by atoms with Gasteiger partial charge in [-0.1, -0.05) is 0 Å². The fourth-order valence-corrected chi connectivity index (χ4v) is 1.01. The van der Waals surface area contributed by atoms with E-state index in [2.05, 4.69) is 10.2 Å². The molecule has 0 bridgehead atoms. The van der Waals surface area contributed by atoms with Gasteiger partial charge in [-0.3, -0.25) is 5.10 Å². The Morgan fingerprint density at radius 3 is 3.09 bits per heavy atom. The first-order valence-electron chi connectivity index (χ1n) is 3.95. The van der Waals surface area contributed by atoms with Gasteiger partial charge in [0.25, 0.3) is 0 Å². The maximum absolute atomic E-state index is 8.96. The van der Waals surface area contributed by atoms with Crippen LogP contribution in [0.2, 0.25) is 0 Å². The molecule has 0 amide bonds. The molecule has 0 saturated carbocycles. The summed E-state index contributed by atoms with van der Waals surface area (Å²) in [5.41, 5.74) is 1.14. The molecule has 1 heterocycles. The van der Waals surface area contributed by atoms with Gasteiger partial charge in [0.15, 0.2) is 0 Å². The van der Waals surface area contributed by atoms with Crippen molar-refractivity contribution in [1.29, 1.82) is 0 Å². The summed E-state index contributed by atoms with van der Waals surface area (Å²) in [6.07, 6.45) is 4.42. The number of rotatable bonds is 4. The number of nitrogens with zero attached hydrogens (tertiary/aromatic N) is 1. The molecular weight excluding hydrogens is 140 g/mol. The Bertz CT molecular complexity index is 182. The maximum Gasteiger partial charge on any atom is 0.0512 e. The van der Waals surface area contributed by atoms with E-state index in [1.54, 1.807) is 6.20 Å². The second-order valence-electron chi connectivity index (χ2n) is 2.82. The minimum Gasteiger partial charge on any atom is -0.393 e. The van der Waals surface area contributed by atoms with Gasteiger partial charge in [0, 0.05) is 11.9 Å². The van der Waals surface area contributed by atoms with Gasteiger partial charge < -0.3 is 5.11 Å². The van der Waals surface area contributed by atoms with Crippen LogP contribution in [-0.2, 0) is 6.42 Å². The highest BCUT2D eigenvalue weighted by molar-refractivity contribution is 4.96. The fourth-order valence-electron chi connectivity index (χ4n) is 1.01. The molecule has 1 unspecified atom stereocenters. The van der Waals surface area contributed by atoms with Crippen LogP contribution in [0.25, 0.3) is 0 Å². The second kappa shape index (κ2) is 4.13. The number of aromatic nitrogens is 2. The first-order chi connectivity index (χ1) is 5.29. The number of nitrogens with one attached hydrogen (secondary N) is 1. The lowest BCUT2D eigenvalue weighted by Crippen LogP contribution is -1.99. The number of H-pyrrole nitrogens is 1. The summed E-state index contributed by atoms with van der Waals surface area (Å²) >= 11 is 0. The summed E-state index contributed by atoms with van der Waals surface area (Å²) in [7, 11) is 0. The minimum atomic E-state index is -0.182. The third-order valence-electron chi connectivity index (χ3n) is 1.63. The third kappa shape index (κ3) is 3.18. The second-order valence-corrected chi connectivity index (χ2v) is 2.82. The van der Waals surface area contributed by atoms with Crippen LogP contribution in [-0.4, -0.2) is 21.4 Å². The van der Waals surface area contributed by atoms with Crippen molar-refractivity contribution in [2.75, 3.05) is 0 Å². The van der Waals surface area contributed by atoms with Gasteiger partial charge in [0.05, 0.1) is 6.10 Å². The topological polar surface area (TPSA) is 48.9 Å². The van der Waals surface area contributed by atoms with Gasteiger partial charge in [-0.2, -0.15) is 5.10 Å². The van der Waals surface area contributed by atoms with Crippen molar-refractivity contribution in [2.45, 2.75) is 32.3 Å². The van der Waals surface area contributed by atoms with Gasteiger partial charge in [0.2, 0.25) is 0 Å². The third-order valence-corrected chi connectivity index (χ3v) is 1.63. The van der Waals surface area contributed by atoms with E-state index < -0.39 is 0 Å². The molecule has 3 nitrogen and oxygen atoms in total. The Balaban J connectivity index is 2.14. The molecule has 0 aromatic carbocycles. The van der Waals surface area contributed by atoms with Gasteiger partial charge >= 0.3 is 0 Å². The Morgan fingerprint density at radius 1 is 1.73 bits per heavy atom. The molecule has 0 fully saturated rings. The zero-order valence-corrected chi connectivity index (χ0v) is 6.75. The molecule has 0 spiro atoms. The van der Waals surface area contributed by atoms with Crippen molar-refractivity contribution in [3.63, 3.8) is 0 Å². The molecule has 1 aromatic rings. The van der Waals surface area contributed by atoms with Gasteiger partial charge in [-0.25, -0.2) is 0 Å². The molecule has 0 radical (unpaired) electrons. The summed E-state index contributed by atoms with van der Waals surface area (Å²) in [5, 5.41) is 15.7. The summed E-state index contributed by atoms with van der Waals surface area (Å²) in [4.78, 5) is 0. The number of hydrogen-bond acceptors (Lipinski definition) is 2. The van der Waals surface area contributed by atoms with Crippen molar-refractivity contribution >= 4 is 0 Å². The molecule has 1 rings (SSSR count). The minimum absolute atomic E-state index is 0.182. The monoisotopic (exact) mass is 154 g/mol. The van der Waals surface area contributed by atoms with Crippen LogP contribution in [0.5, 0.6) is 0 Å². The van der Waals surface area contributed by atoms with Crippen molar-refractivity contribution in [1.82, 2.24) is 10.2 Å². The summed E-state index contributed by atoms with van der Waals surface area (Å²) in [6.45, 7) is 1.81.